The summed E-state index contributed by atoms with van der Waals surface area (Å²) in [6, 6.07) is 8.75. The average Bonchev–Trinajstić information content (AvgIpc) is 3.48. The second kappa shape index (κ2) is 9.25. The number of halogens is 1. The van der Waals surface area contributed by atoms with E-state index in [4.69, 9.17) is 0 Å². The maximum absolute atomic E-state index is 14.0. The van der Waals surface area contributed by atoms with Crippen molar-refractivity contribution in [1.29, 1.82) is 0 Å². The van der Waals surface area contributed by atoms with E-state index >= 15 is 0 Å². The van der Waals surface area contributed by atoms with Gasteiger partial charge in [0, 0.05) is 43.7 Å². The highest BCUT2D eigenvalue weighted by molar-refractivity contribution is 5.81. The molecule has 2 atom stereocenters. The molecular weight excluding hydrogens is 351 g/mol. The molecule has 2 N–H and O–H groups in total. The van der Waals surface area contributed by atoms with Gasteiger partial charge in [-0.1, -0.05) is 37.5 Å². The Balaban J connectivity index is 1.26. The molecule has 1 saturated heterocycles. The van der Waals surface area contributed by atoms with E-state index in [0.29, 0.717) is 6.04 Å². The van der Waals surface area contributed by atoms with Crippen molar-refractivity contribution in [2.45, 2.75) is 82.3 Å². The molecule has 1 aliphatic heterocycles. The minimum absolute atomic E-state index is 0.0891. The number of rotatable bonds is 5. The first kappa shape index (κ1) is 19.7. The Hall–Kier alpha value is -1.62. The lowest BCUT2D eigenvalue weighted by atomic mass is 9.92. The van der Waals surface area contributed by atoms with E-state index in [1.54, 1.807) is 12.1 Å². The summed E-state index contributed by atoms with van der Waals surface area (Å²) in [6.07, 6.45) is 10.4. The molecular formula is C23H35FN4. The Kier molecular flexibility index (Phi) is 6.50. The van der Waals surface area contributed by atoms with E-state index in [-0.39, 0.29) is 17.8 Å². The summed E-state index contributed by atoms with van der Waals surface area (Å²) in [7, 11) is 0. The number of hydrogen-bond donors (Lipinski definition) is 2. The predicted molar refractivity (Wildman–Crippen MR) is 113 cm³/mol. The monoisotopic (exact) mass is 386 g/mol. The third-order valence-electron chi connectivity index (χ3n) is 6.69. The van der Waals surface area contributed by atoms with Gasteiger partial charge in [-0.05, 0) is 50.7 Å². The van der Waals surface area contributed by atoms with Crippen LogP contribution in [0.5, 0.6) is 0 Å². The Morgan fingerprint density at radius 2 is 1.82 bits per heavy atom. The van der Waals surface area contributed by atoms with Gasteiger partial charge in [0.1, 0.15) is 5.82 Å². The lowest BCUT2D eigenvalue weighted by Gasteiger charge is -2.39. The molecule has 2 unspecified atom stereocenters. The van der Waals surface area contributed by atoms with E-state index in [1.807, 2.05) is 12.1 Å². The lowest BCUT2D eigenvalue weighted by molar-refractivity contribution is 0.119. The minimum Gasteiger partial charge on any atom is -0.354 e. The van der Waals surface area contributed by atoms with E-state index in [2.05, 4.69) is 27.4 Å². The van der Waals surface area contributed by atoms with Crippen molar-refractivity contribution in [1.82, 2.24) is 15.5 Å². The summed E-state index contributed by atoms with van der Waals surface area (Å²) in [4.78, 5) is 7.36. The first-order chi connectivity index (χ1) is 13.7. The minimum atomic E-state index is -0.0891. The fourth-order valence-corrected chi connectivity index (χ4v) is 4.99. The second-order valence-corrected chi connectivity index (χ2v) is 8.68. The highest BCUT2D eigenvalue weighted by Gasteiger charge is 2.40. The van der Waals surface area contributed by atoms with Crippen LogP contribution in [0.25, 0.3) is 0 Å². The van der Waals surface area contributed by atoms with Gasteiger partial charge in [-0.3, -0.25) is 4.99 Å². The van der Waals surface area contributed by atoms with Gasteiger partial charge in [0.2, 0.25) is 0 Å². The first-order valence-electron chi connectivity index (χ1n) is 11.3. The van der Waals surface area contributed by atoms with Gasteiger partial charge >= 0.3 is 0 Å². The van der Waals surface area contributed by atoms with Crippen LogP contribution in [-0.2, 0) is 0 Å². The van der Waals surface area contributed by atoms with Gasteiger partial charge in [0.15, 0.2) is 5.96 Å². The molecule has 3 fully saturated rings. The molecule has 1 aromatic carbocycles. The molecule has 3 aliphatic rings. The second-order valence-electron chi connectivity index (χ2n) is 8.68. The summed E-state index contributed by atoms with van der Waals surface area (Å²) < 4.78 is 14.0. The standard InChI is InChI=1S/C23H35FN4/c1-2-25-23(27-22-16-20(22)19-10-6-7-11-21(19)24)26-17-12-14-28(15-13-17)18-8-4-3-5-9-18/h6-7,10-11,17-18,20,22H,2-5,8-9,12-16H2,1H3,(H2,25,26,27). The van der Waals surface area contributed by atoms with Crippen LogP contribution in [0.15, 0.2) is 29.3 Å². The van der Waals surface area contributed by atoms with Crippen molar-refractivity contribution in [3.8, 4) is 0 Å². The van der Waals surface area contributed by atoms with Crippen LogP contribution in [0.3, 0.4) is 0 Å². The molecule has 28 heavy (non-hydrogen) atoms. The quantitative estimate of drug-likeness (QED) is 0.593. The van der Waals surface area contributed by atoms with E-state index in [9.17, 15) is 4.39 Å². The fourth-order valence-electron chi connectivity index (χ4n) is 4.99. The van der Waals surface area contributed by atoms with Crippen molar-refractivity contribution in [3.05, 3.63) is 35.6 Å². The fraction of sp³-hybridized carbons (Fsp3) is 0.696. The van der Waals surface area contributed by atoms with Crippen LogP contribution in [0.1, 0.15) is 69.8 Å². The molecule has 5 heteroatoms. The summed E-state index contributed by atoms with van der Waals surface area (Å²) in [5, 5.41) is 7.20. The number of benzene rings is 1. The van der Waals surface area contributed by atoms with Gasteiger partial charge in [-0.25, -0.2) is 4.39 Å². The smallest absolute Gasteiger partial charge is 0.191 e. The van der Waals surface area contributed by atoms with Gasteiger partial charge in [0.05, 0.1) is 0 Å². The molecule has 154 valence electrons. The molecule has 1 aromatic rings. The van der Waals surface area contributed by atoms with Crippen LogP contribution in [-0.4, -0.2) is 48.6 Å². The Morgan fingerprint density at radius 3 is 2.54 bits per heavy atom. The zero-order valence-electron chi connectivity index (χ0n) is 17.2. The molecule has 2 saturated carbocycles. The van der Waals surface area contributed by atoms with Gasteiger partial charge in [-0.15, -0.1) is 0 Å². The molecule has 0 amide bonds. The molecule has 0 radical (unpaired) electrons. The van der Waals surface area contributed by atoms with Crippen LogP contribution < -0.4 is 10.6 Å². The average molecular weight is 387 g/mol. The third kappa shape index (κ3) is 4.86. The number of likely N-dealkylation sites (tertiary alicyclic amines) is 1. The normalized spacial score (nSPS) is 27.6. The maximum atomic E-state index is 14.0. The molecule has 2 aliphatic carbocycles. The number of nitrogens with zero attached hydrogens (tertiary/aromatic N) is 2. The third-order valence-corrected chi connectivity index (χ3v) is 6.69. The van der Waals surface area contributed by atoms with E-state index in [0.717, 1.165) is 30.5 Å². The molecule has 0 spiro atoms. The van der Waals surface area contributed by atoms with Crippen LogP contribution in [0.2, 0.25) is 0 Å². The SMILES string of the molecule is CCN=C(NC1CCN(C2CCCCC2)CC1)NC1CC1c1ccccc1F. The maximum Gasteiger partial charge on any atom is 0.191 e. The molecule has 0 aromatic heterocycles. The Labute approximate surface area is 169 Å². The Morgan fingerprint density at radius 1 is 1.07 bits per heavy atom. The first-order valence-corrected chi connectivity index (χ1v) is 11.3. The van der Waals surface area contributed by atoms with Crippen molar-refractivity contribution in [3.63, 3.8) is 0 Å². The van der Waals surface area contributed by atoms with E-state index < -0.39 is 0 Å². The summed E-state index contributed by atoms with van der Waals surface area (Å²) in [6.45, 7) is 5.22. The molecule has 1 heterocycles. The number of aliphatic imine (C=N–C) groups is 1. The van der Waals surface area contributed by atoms with E-state index in [1.165, 1.54) is 58.0 Å². The Bertz CT molecular complexity index is 662. The summed E-state index contributed by atoms with van der Waals surface area (Å²) >= 11 is 0. The number of hydrogen-bond acceptors (Lipinski definition) is 2. The van der Waals surface area contributed by atoms with Gasteiger partial charge in [0.25, 0.3) is 0 Å². The van der Waals surface area contributed by atoms with Crippen LogP contribution in [0, 0.1) is 5.82 Å². The number of nitrogens with one attached hydrogen (secondary N) is 2. The van der Waals surface area contributed by atoms with Crippen molar-refractivity contribution >= 4 is 5.96 Å². The number of guanidine groups is 1. The molecule has 4 nitrogen and oxygen atoms in total. The van der Waals surface area contributed by atoms with Crippen molar-refractivity contribution < 1.29 is 4.39 Å². The highest BCUT2D eigenvalue weighted by Crippen LogP contribution is 2.41. The molecule has 4 rings (SSSR count). The predicted octanol–water partition coefficient (Wildman–Crippen LogP) is 4.03. The van der Waals surface area contributed by atoms with Crippen LogP contribution in [0.4, 0.5) is 4.39 Å². The van der Waals surface area contributed by atoms with Gasteiger partial charge < -0.3 is 15.5 Å². The van der Waals surface area contributed by atoms with Gasteiger partial charge in [-0.2, -0.15) is 0 Å². The van der Waals surface area contributed by atoms with Crippen molar-refractivity contribution in [2.75, 3.05) is 19.6 Å². The largest absolute Gasteiger partial charge is 0.354 e. The zero-order chi connectivity index (χ0) is 19.3. The number of piperidine rings is 1. The highest BCUT2D eigenvalue weighted by atomic mass is 19.1. The topological polar surface area (TPSA) is 39.7 Å². The summed E-state index contributed by atoms with van der Waals surface area (Å²) in [5.41, 5.74) is 0.830. The van der Waals surface area contributed by atoms with Crippen molar-refractivity contribution in [2.24, 2.45) is 4.99 Å². The molecule has 0 bridgehead atoms. The lowest BCUT2D eigenvalue weighted by Crippen LogP contribution is -2.51. The zero-order valence-corrected chi connectivity index (χ0v) is 17.2. The summed E-state index contributed by atoms with van der Waals surface area (Å²) in [5.74, 6) is 1.08. The van der Waals surface area contributed by atoms with Crippen LogP contribution >= 0.6 is 0 Å².